The molecule has 0 spiro atoms. The van der Waals surface area contributed by atoms with Gasteiger partial charge in [-0.25, -0.2) is 0 Å². The van der Waals surface area contributed by atoms with Gasteiger partial charge in [0.2, 0.25) is 0 Å². The van der Waals surface area contributed by atoms with Gasteiger partial charge in [0, 0.05) is 11.3 Å². The molecule has 4 heteroatoms. The van der Waals surface area contributed by atoms with Gasteiger partial charge in [-0.2, -0.15) is 5.10 Å². The van der Waals surface area contributed by atoms with Gasteiger partial charge in [-0.15, -0.1) is 0 Å². The van der Waals surface area contributed by atoms with Crippen molar-refractivity contribution < 1.29 is 9.84 Å². The van der Waals surface area contributed by atoms with Crippen molar-refractivity contribution in [2.75, 3.05) is 0 Å². The van der Waals surface area contributed by atoms with Gasteiger partial charge in [-0.05, 0) is 30.9 Å². The number of aliphatic hydroxyl groups is 1. The number of para-hydroxylation sites is 1. The molecule has 4 nitrogen and oxygen atoms in total. The van der Waals surface area contributed by atoms with Crippen LogP contribution in [0.2, 0.25) is 0 Å². The molecule has 0 bridgehead atoms. The molecule has 1 aromatic heterocycles. The molecule has 0 aliphatic carbocycles. The molecule has 0 saturated carbocycles. The zero-order chi connectivity index (χ0) is 14.5. The van der Waals surface area contributed by atoms with Crippen LogP contribution in [0.3, 0.4) is 0 Å². The minimum Gasteiger partial charge on any atom is -0.487 e. The highest BCUT2D eigenvalue weighted by Gasteiger charge is 2.13. The van der Waals surface area contributed by atoms with Crippen molar-refractivity contribution in [1.29, 1.82) is 0 Å². The van der Waals surface area contributed by atoms with E-state index in [1.54, 1.807) is 0 Å². The molecule has 1 unspecified atom stereocenters. The lowest BCUT2D eigenvalue weighted by molar-refractivity contribution is 0.266. The summed E-state index contributed by atoms with van der Waals surface area (Å²) in [4.78, 5) is 0. The van der Waals surface area contributed by atoms with Crippen LogP contribution in [0.4, 0.5) is 0 Å². The van der Waals surface area contributed by atoms with E-state index in [1.165, 1.54) is 5.56 Å². The normalized spacial score (nSPS) is 12.4. The minimum atomic E-state index is -0.0198. The van der Waals surface area contributed by atoms with Gasteiger partial charge >= 0.3 is 0 Å². The second kappa shape index (κ2) is 6.57. The molecule has 0 amide bonds. The van der Waals surface area contributed by atoms with Crippen LogP contribution in [0.5, 0.6) is 5.75 Å². The molecule has 2 N–H and O–H groups in total. The van der Waals surface area contributed by atoms with Crippen molar-refractivity contribution >= 4 is 0 Å². The Labute approximate surface area is 119 Å². The van der Waals surface area contributed by atoms with Crippen molar-refractivity contribution in [2.45, 2.75) is 46.3 Å². The van der Waals surface area contributed by atoms with Crippen molar-refractivity contribution in [3.8, 4) is 5.75 Å². The maximum Gasteiger partial charge on any atom is 0.132 e. The van der Waals surface area contributed by atoms with Gasteiger partial charge in [0.1, 0.15) is 18.1 Å². The number of hydrogen-bond donors (Lipinski definition) is 2. The number of ether oxygens (including phenoxy) is 1. The largest absolute Gasteiger partial charge is 0.487 e. The summed E-state index contributed by atoms with van der Waals surface area (Å²) < 4.78 is 5.91. The van der Waals surface area contributed by atoms with E-state index in [0.29, 0.717) is 12.5 Å². The maximum absolute atomic E-state index is 9.35. The van der Waals surface area contributed by atoms with Gasteiger partial charge in [0.25, 0.3) is 0 Å². The molecule has 108 valence electrons. The van der Waals surface area contributed by atoms with Crippen LogP contribution in [-0.2, 0) is 13.2 Å². The van der Waals surface area contributed by atoms with Crippen molar-refractivity contribution in [3.05, 3.63) is 46.8 Å². The molecule has 1 aromatic carbocycles. The van der Waals surface area contributed by atoms with Crippen LogP contribution in [-0.4, -0.2) is 15.3 Å². The second-order valence-electron chi connectivity index (χ2n) is 5.07. The van der Waals surface area contributed by atoms with E-state index in [1.807, 2.05) is 25.1 Å². The lowest BCUT2D eigenvalue weighted by Crippen LogP contribution is -2.03. The highest BCUT2D eigenvalue weighted by molar-refractivity contribution is 5.36. The number of H-pyrrole nitrogens is 1. The van der Waals surface area contributed by atoms with Gasteiger partial charge in [-0.1, -0.05) is 32.0 Å². The van der Waals surface area contributed by atoms with E-state index >= 15 is 0 Å². The summed E-state index contributed by atoms with van der Waals surface area (Å²) in [6, 6.07) is 8.10. The number of nitrogens with zero attached hydrogens (tertiary/aromatic N) is 1. The lowest BCUT2D eigenvalue weighted by atomic mass is 9.98. The quantitative estimate of drug-likeness (QED) is 0.849. The smallest absolute Gasteiger partial charge is 0.132 e. The van der Waals surface area contributed by atoms with Gasteiger partial charge < -0.3 is 9.84 Å². The zero-order valence-corrected chi connectivity index (χ0v) is 12.3. The molecule has 2 rings (SSSR count). The zero-order valence-electron chi connectivity index (χ0n) is 12.3. The number of rotatable bonds is 6. The van der Waals surface area contributed by atoms with E-state index in [9.17, 15) is 5.11 Å². The number of benzene rings is 1. The first-order valence-corrected chi connectivity index (χ1v) is 7.02. The van der Waals surface area contributed by atoms with Crippen LogP contribution in [0.25, 0.3) is 0 Å². The Morgan fingerprint density at radius 1 is 1.35 bits per heavy atom. The molecule has 0 fully saturated rings. The summed E-state index contributed by atoms with van der Waals surface area (Å²) in [6.45, 7) is 6.61. The first-order chi connectivity index (χ1) is 9.67. The fraction of sp³-hybridized carbons (Fsp3) is 0.438. The standard InChI is InChI=1S/C16H22N2O2/c1-4-11(2)13-7-5-6-8-16(13)20-10-15-14(9-19)12(3)17-18-15/h5-8,11,19H,4,9-10H2,1-3H3,(H,17,18). The van der Waals surface area contributed by atoms with Crippen LogP contribution in [0.15, 0.2) is 24.3 Å². The van der Waals surface area contributed by atoms with Crippen molar-refractivity contribution in [2.24, 2.45) is 0 Å². The summed E-state index contributed by atoms with van der Waals surface area (Å²) >= 11 is 0. The van der Waals surface area contributed by atoms with E-state index in [4.69, 9.17) is 4.74 Å². The predicted molar refractivity (Wildman–Crippen MR) is 78.7 cm³/mol. The number of aromatic nitrogens is 2. The van der Waals surface area contributed by atoms with E-state index in [2.05, 4.69) is 30.1 Å². The molecule has 0 aliphatic rings. The molecule has 0 aliphatic heterocycles. The summed E-state index contributed by atoms with van der Waals surface area (Å²) in [5.41, 5.74) is 3.70. The third kappa shape index (κ3) is 3.02. The summed E-state index contributed by atoms with van der Waals surface area (Å²) in [5.74, 6) is 1.36. The predicted octanol–water partition coefficient (Wildman–Crippen LogP) is 3.30. The lowest BCUT2D eigenvalue weighted by Gasteiger charge is -2.15. The van der Waals surface area contributed by atoms with Crippen LogP contribution >= 0.6 is 0 Å². The average Bonchev–Trinajstić information content (AvgIpc) is 2.84. The van der Waals surface area contributed by atoms with Crippen LogP contribution in [0.1, 0.15) is 48.7 Å². The summed E-state index contributed by atoms with van der Waals surface area (Å²) in [6.07, 6.45) is 1.07. The Kier molecular flexibility index (Phi) is 4.79. The molecule has 20 heavy (non-hydrogen) atoms. The fourth-order valence-corrected chi connectivity index (χ4v) is 2.22. The number of aromatic amines is 1. The van der Waals surface area contributed by atoms with Crippen LogP contribution < -0.4 is 4.74 Å². The minimum absolute atomic E-state index is 0.0198. The second-order valence-corrected chi connectivity index (χ2v) is 5.07. The van der Waals surface area contributed by atoms with Crippen LogP contribution in [0, 0.1) is 6.92 Å². The Bertz CT molecular complexity index is 563. The van der Waals surface area contributed by atoms with E-state index in [-0.39, 0.29) is 6.61 Å². The monoisotopic (exact) mass is 274 g/mol. The maximum atomic E-state index is 9.35. The van der Waals surface area contributed by atoms with Gasteiger partial charge in [0.05, 0.1) is 6.61 Å². The Hall–Kier alpha value is -1.81. The first kappa shape index (κ1) is 14.6. The summed E-state index contributed by atoms with van der Waals surface area (Å²) in [5, 5.41) is 16.4. The van der Waals surface area contributed by atoms with E-state index in [0.717, 1.165) is 29.1 Å². The third-order valence-corrected chi connectivity index (χ3v) is 3.74. The highest BCUT2D eigenvalue weighted by Crippen LogP contribution is 2.29. The summed E-state index contributed by atoms with van der Waals surface area (Å²) in [7, 11) is 0. The Morgan fingerprint density at radius 3 is 2.80 bits per heavy atom. The van der Waals surface area contributed by atoms with E-state index < -0.39 is 0 Å². The number of hydrogen-bond acceptors (Lipinski definition) is 3. The van der Waals surface area contributed by atoms with Gasteiger partial charge in [0.15, 0.2) is 0 Å². The molecule has 2 aromatic rings. The SMILES string of the molecule is CCC(C)c1ccccc1OCc1n[nH]c(C)c1CO. The molecular formula is C16H22N2O2. The van der Waals surface area contributed by atoms with Gasteiger partial charge in [-0.3, -0.25) is 5.10 Å². The van der Waals surface area contributed by atoms with Crippen molar-refractivity contribution in [3.63, 3.8) is 0 Å². The Balaban J connectivity index is 2.15. The Morgan fingerprint density at radius 2 is 2.10 bits per heavy atom. The number of aliphatic hydroxyl groups excluding tert-OH is 1. The topological polar surface area (TPSA) is 58.1 Å². The van der Waals surface area contributed by atoms with Crippen molar-refractivity contribution in [1.82, 2.24) is 10.2 Å². The molecule has 1 heterocycles. The molecule has 0 radical (unpaired) electrons. The number of aryl methyl sites for hydroxylation is 1. The molecular weight excluding hydrogens is 252 g/mol. The molecule has 1 atom stereocenters. The molecule has 0 saturated heterocycles. The average molecular weight is 274 g/mol. The fourth-order valence-electron chi connectivity index (χ4n) is 2.22. The number of nitrogens with one attached hydrogen (secondary N) is 1. The first-order valence-electron chi connectivity index (χ1n) is 7.02. The highest BCUT2D eigenvalue weighted by atomic mass is 16.5. The third-order valence-electron chi connectivity index (χ3n) is 3.74.